The van der Waals surface area contributed by atoms with Gasteiger partial charge in [0.25, 0.3) is 0 Å². The molecule has 2 heterocycles. The highest BCUT2D eigenvalue weighted by atomic mass is 79.9. The largest absolute Gasteiger partial charge is 0.486 e. The molecule has 2 aliphatic heterocycles. The van der Waals surface area contributed by atoms with Crippen molar-refractivity contribution in [2.75, 3.05) is 33.4 Å². The van der Waals surface area contributed by atoms with Crippen molar-refractivity contribution in [1.82, 2.24) is 4.90 Å². The van der Waals surface area contributed by atoms with Crippen LogP contribution in [0, 0.1) is 5.92 Å². The van der Waals surface area contributed by atoms with Crippen LogP contribution in [0.25, 0.3) is 0 Å². The van der Waals surface area contributed by atoms with Crippen molar-refractivity contribution in [2.45, 2.75) is 12.5 Å². The summed E-state index contributed by atoms with van der Waals surface area (Å²) >= 11 is 3.66. The molecule has 2 unspecified atom stereocenters. The SMILES string of the molecule is CN1CC(CN)CC1c1c(Br)ccc2c1OCCO2. The molecular formula is C14H19BrN2O2. The maximum Gasteiger partial charge on any atom is 0.167 e. The maximum absolute atomic E-state index is 5.85. The molecule has 0 bridgehead atoms. The topological polar surface area (TPSA) is 47.7 Å². The summed E-state index contributed by atoms with van der Waals surface area (Å²) in [4.78, 5) is 2.36. The molecule has 0 amide bonds. The fourth-order valence-corrected chi connectivity index (χ4v) is 3.61. The monoisotopic (exact) mass is 326 g/mol. The lowest BCUT2D eigenvalue weighted by atomic mass is 9.98. The first kappa shape index (κ1) is 13.2. The van der Waals surface area contributed by atoms with Crippen LogP contribution in [0.5, 0.6) is 11.5 Å². The zero-order chi connectivity index (χ0) is 13.4. The van der Waals surface area contributed by atoms with Crippen LogP contribution < -0.4 is 15.2 Å². The molecule has 104 valence electrons. The lowest BCUT2D eigenvalue weighted by Crippen LogP contribution is -2.23. The number of ether oxygens (including phenoxy) is 2. The molecule has 5 heteroatoms. The normalized spacial score (nSPS) is 26.7. The van der Waals surface area contributed by atoms with Crippen LogP contribution in [0.3, 0.4) is 0 Å². The summed E-state index contributed by atoms with van der Waals surface area (Å²) in [5.74, 6) is 2.31. The smallest absolute Gasteiger partial charge is 0.167 e. The first-order valence-electron chi connectivity index (χ1n) is 6.69. The number of halogens is 1. The van der Waals surface area contributed by atoms with Crippen LogP contribution in [0.2, 0.25) is 0 Å². The summed E-state index contributed by atoms with van der Waals surface area (Å²) in [6.07, 6.45) is 1.07. The van der Waals surface area contributed by atoms with E-state index in [1.54, 1.807) is 0 Å². The lowest BCUT2D eigenvalue weighted by molar-refractivity contribution is 0.166. The minimum absolute atomic E-state index is 0.347. The van der Waals surface area contributed by atoms with Crippen molar-refractivity contribution in [3.63, 3.8) is 0 Å². The molecule has 2 N–H and O–H groups in total. The van der Waals surface area contributed by atoms with Gasteiger partial charge in [0.1, 0.15) is 13.2 Å². The molecule has 1 fully saturated rings. The summed E-state index contributed by atoms with van der Waals surface area (Å²) in [7, 11) is 2.15. The van der Waals surface area contributed by atoms with Crippen LogP contribution in [-0.4, -0.2) is 38.3 Å². The van der Waals surface area contributed by atoms with E-state index < -0.39 is 0 Å². The van der Waals surface area contributed by atoms with Gasteiger partial charge in [-0.2, -0.15) is 0 Å². The van der Waals surface area contributed by atoms with Gasteiger partial charge in [-0.05, 0) is 38.1 Å². The zero-order valence-corrected chi connectivity index (χ0v) is 12.6. The number of likely N-dealkylation sites (tertiary alicyclic amines) is 1. The van der Waals surface area contributed by atoms with Gasteiger partial charge in [-0.15, -0.1) is 0 Å². The molecule has 19 heavy (non-hydrogen) atoms. The standard InChI is InChI=1S/C14H19BrN2O2/c1-17-8-9(7-16)6-11(17)13-10(15)2-3-12-14(13)19-5-4-18-12/h2-3,9,11H,4-8,16H2,1H3. The van der Waals surface area contributed by atoms with Crippen molar-refractivity contribution in [3.8, 4) is 11.5 Å². The number of nitrogens with zero attached hydrogens (tertiary/aromatic N) is 1. The van der Waals surface area contributed by atoms with Crippen molar-refractivity contribution in [2.24, 2.45) is 11.7 Å². The Hall–Kier alpha value is -0.780. The molecule has 4 nitrogen and oxygen atoms in total. The highest BCUT2D eigenvalue weighted by Gasteiger charge is 2.34. The van der Waals surface area contributed by atoms with Gasteiger partial charge in [-0.3, -0.25) is 4.90 Å². The molecular weight excluding hydrogens is 308 g/mol. The summed E-state index contributed by atoms with van der Waals surface area (Å²) in [5.41, 5.74) is 7.02. The highest BCUT2D eigenvalue weighted by Crippen LogP contribution is 2.46. The molecule has 0 aliphatic carbocycles. The Bertz CT molecular complexity index is 481. The van der Waals surface area contributed by atoms with E-state index in [0.717, 1.165) is 35.5 Å². The summed E-state index contributed by atoms with van der Waals surface area (Å²) in [6, 6.07) is 4.36. The number of nitrogens with two attached hydrogens (primary N) is 1. The Morgan fingerprint density at radius 1 is 1.37 bits per heavy atom. The third-order valence-corrected chi connectivity index (χ3v) is 4.69. The van der Waals surface area contributed by atoms with Crippen molar-refractivity contribution in [3.05, 3.63) is 22.2 Å². The minimum atomic E-state index is 0.347. The molecule has 2 aliphatic rings. The Balaban J connectivity index is 2.00. The summed E-state index contributed by atoms with van der Waals surface area (Å²) in [5, 5.41) is 0. The van der Waals surface area contributed by atoms with Crippen LogP contribution >= 0.6 is 15.9 Å². The number of benzene rings is 1. The molecule has 3 rings (SSSR count). The van der Waals surface area contributed by atoms with E-state index in [9.17, 15) is 0 Å². The van der Waals surface area contributed by atoms with Gasteiger partial charge in [0.15, 0.2) is 11.5 Å². The quantitative estimate of drug-likeness (QED) is 0.904. The third-order valence-electron chi connectivity index (χ3n) is 4.00. The van der Waals surface area contributed by atoms with E-state index in [1.165, 1.54) is 5.56 Å². The van der Waals surface area contributed by atoms with Gasteiger partial charge in [-0.1, -0.05) is 15.9 Å². The molecule has 0 aromatic heterocycles. The van der Waals surface area contributed by atoms with Crippen LogP contribution in [0.4, 0.5) is 0 Å². The highest BCUT2D eigenvalue weighted by molar-refractivity contribution is 9.10. The first-order valence-corrected chi connectivity index (χ1v) is 7.48. The minimum Gasteiger partial charge on any atom is -0.486 e. The maximum atomic E-state index is 5.85. The zero-order valence-electron chi connectivity index (χ0n) is 11.1. The predicted molar refractivity (Wildman–Crippen MR) is 77.7 cm³/mol. The van der Waals surface area contributed by atoms with E-state index in [-0.39, 0.29) is 0 Å². The second-order valence-electron chi connectivity index (χ2n) is 5.28. The van der Waals surface area contributed by atoms with Gasteiger partial charge in [0.05, 0.1) is 0 Å². The van der Waals surface area contributed by atoms with Gasteiger partial charge in [0, 0.05) is 22.6 Å². The molecule has 1 saturated heterocycles. The first-order chi connectivity index (χ1) is 9.20. The Labute approximate surface area is 122 Å². The van der Waals surface area contributed by atoms with E-state index in [4.69, 9.17) is 15.2 Å². The van der Waals surface area contributed by atoms with Gasteiger partial charge in [0.2, 0.25) is 0 Å². The third kappa shape index (κ3) is 2.35. The second-order valence-corrected chi connectivity index (χ2v) is 6.13. The number of hydrogen-bond donors (Lipinski definition) is 1. The lowest BCUT2D eigenvalue weighted by Gasteiger charge is -2.27. The Morgan fingerprint density at radius 2 is 2.16 bits per heavy atom. The fourth-order valence-electron chi connectivity index (χ4n) is 3.04. The predicted octanol–water partition coefficient (Wildman–Crippen LogP) is 2.17. The Morgan fingerprint density at radius 3 is 2.89 bits per heavy atom. The number of hydrogen-bond acceptors (Lipinski definition) is 4. The fraction of sp³-hybridized carbons (Fsp3) is 0.571. The van der Waals surface area contributed by atoms with Crippen LogP contribution in [0.1, 0.15) is 18.0 Å². The van der Waals surface area contributed by atoms with E-state index in [0.29, 0.717) is 25.2 Å². The summed E-state index contributed by atoms with van der Waals surface area (Å²) in [6.45, 7) is 3.02. The molecule has 0 spiro atoms. The van der Waals surface area contributed by atoms with Gasteiger partial charge < -0.3 is 15.2 Å². The average Bonchev–Trinajstić information content (AvgIpc) is 2.80. The van der Waals surface area contributed by atoms with Crippen molar-refractivity contribution < 1.29 is 9.47 Å². The molecule has 1 aromatic carbocycles. The van der Waals surface area contributed by atoms with E-state index >= 15 is 0 Å². The second kappa shape index (κ2) is 5.31. The molecule has 1 aromatic rings. The molecule has 0 radical (unpaired) electrons. The van der Waals surface area contributed by atoms with Crippen molar-refractivity contribution >= 4 is 15.9 Å². The van der Waals surface area contributed by atoms with Crippen LogP contribution in [-0.2, 0) is 0 Å². The van der Waals surface area contributed by atoms with Gasteiger partial charge >= 0.3 is 0 Å². The Kier molecular flexibility index (Phi) is 3.69. The number of rotatable bonds is 2. The molecule has 2 atom stereocenters. The van der Waals surface area contributed by atoms with Crippen molar-refractivity contribution in [1.29, 1.82) is 0 Å². The molecule has 0 saturated carbocycles. The summed E-state index contributed by atoms with van der Waals surface area (Å²) < 4.78 is 12.6. The van der Waals surface area contributed by atoms with Crippen LogP contribution in [0.15, 0.2) is 16.6 Å². The average molecular weight is 327 g/mol. The van der Waals surface area contributed by atoms with E-state index in [2.05, 4.69) is 27.9 Å². The van der Waals surface area contributed by atoms with Gasteiger partial charge in [-0.25, -0.2) is 0 Å². The van der Waals surface area contributed by atoms with E-state index in [1.807, 2.05) is 12.1 Å². The number of fused-ring (bicyclic) bond motifs is 1.